The van der Waals surface area contributed by atoms with Gasteiger partial charge in [0.1, 0.15) is 12.3 Å². The smallest absolute Gasteiger partial charge is 0.325 e. The molecule has 0 radical (unpaired) electrons. The second-order valence-corrected chi connectivity index (χ2v) is 7.39. The number of aryl methyl sites for hydroxylation is 1. The first-order chi connectivity index (χ1) is 13.5. The van der Waals surface area contributed by atoms with Gasteiger partial charge in [0.2, 0.25) is 5.91 Å². The van der Waals surface area contributed by atoms with Crippen LogP contribution in [0, 0.1) is 6.92 Å². The average Bonchev–Trinajstić information content (AvgIpc) is 3.08. The number of carbonyl (C=O) groups excluding carboxylic acids is 2. The van der Waals surface area contributed by atoms with Crippen molar-refractivity contribution in [3.8, 4) is 5.75 Å². The molecule has 2 aromatic rings. The fourth-order valence-corrected chi connectivity index (χ4v) is 3.83. The van der Waals surface area contributed by atoms with Crippen molar-refractivity contribution in [2.75, 3.05) is 38.2 Å². The largest absolute Gasteiger partial charge is 0.497 e. The topological polar surface area (TPSA) is 53.1 Å². The Balaban J connectivity index is 1.39. The number of methoxy groups -OCH3 is 1. The molecule has 1 fully saturated rings. The van der Waals surface area contributed by atoms with E-state index in [0.717, 1.165) is 29.0 Å². The summed E-state index contributed by atoms with van der Waals surface area (Å²) < 4.78 is 5.28. The van der Waals surface area contributed by atoms with Gasteiger partial charge in [-0.15, -0.1) is 0 Å². The quantitative estimate of drug-likeness (QED) is 0.821. The molecule has 0 N–H and O–H groups in total. The lowest BCUT2D eigenvalue weighted by Crippen LogP contribution is -2.44. The summed E-state index contributed by atoms with van der Waals surface area (Å²) in [6.45, 7) is 4.59. The van der Waals surface area contributed by atoms with E-state index in [1.165, 1.54) is 5.56 Å². The highest BCUT2D eigenvalue weighted by Gasteiger charge is 2.32. The Morgan fingerprint density at radius 3 is 2.57 bits per heavy atom. The van der Waals surface area contributed by atoms with Crippen molar-refractivity contribution in [1.82, 2.24) is 9.80 Å². The van der Waals surface area contributed by atoms with E-state index in [1.807, 2.05) is 54.3 Å². The number of fused-ring (bicyclic) bond motifs is 1. The van der Waals surface area contributed by atoms with Gasteiger partial charge in [0, 0.05) is 31.9 Å². The van der Waals surface area contributed by atoms with Crippen LogP contribution in [-0.2, 0) is 17.8 Å². The van der Waals surface area contributed by atoms with E-state index < -0.39 is 0 Å². The molecule has 2 aliphatic rings. The molecule has 3 amide bonds. The molecular weight excluding hydrogens is 354 g/mol. The van der Waals surface area contributed by atoms with Crippen molar-refractivity contribution in [3.05, 3.63) is 59.2 Å². The zero-order valence-corrected chi connectivity index (χ0v) is 16.4. The summed E-state index contributed by atoms with van der Waals surface area (Å²) in [6, 6.07) is 13.8. The van der Waals surface area contributed by atoms with Crippen molar-refractivity contribution in [3.63, 3.8) is 0 Å². The van der Waals surface area contributed by atoms with Crippen molar-refractivity contribution < 1.29 is 14.3 Å². The molecule has 0 aromatic heterocycles. The van der Waals surface area contributed by atoms with Gasteiger partial charge in [0.15, 0.2) is 0 Å². The molecule has 146 valence electrons. The number of nitrogens with zero attached hydrogens (tertiary/aromatic N) is 3. The molecule has 6 nitrogen and oxygen atoms in total. The predicted octanol–water partition coefficient (Wildman–Crippen LogP) is 2.83. The summed E-state index contributed by atoms with van der Waals surface area (Å²) in [7, 11) is 1.66. The van der Waals surface area contributed by atoms with Gasteiger partial charge in [-0.25, -0.2) is 4.79 Å². The van der Waals surface area contributed by atoms with Gasteiger partial charge >= 0.3 is 6.03 Å². The van der Waals surface area contributed by atoms with E-state index in [1.54, 1.807) is 16.9 Å². The van der Waals surface area contributed by atoms with E-state index in [-0.39, 0.29) is 18.5 Å². The lowest BCUT2D eigenvalue weighted by molar-refractivity contribution is -0.132. The van der Waals surface area contributed by atoms with Gasteiger partial charge in [-0.2, -0.15) is 0 Å². The predicted molar refractivity (Wildman–Crippen MR) is 108 cm³/mol. The summed E-state index contributed by atoms with van der Waals surface area (Å²) in [5, 5.41) is 0. The first kappa shape index (κ1) is 18.3. The van der Waals surface area contributed by atoms with Crippen molar-refractivity contribution >= 4 is 17.6 Å². The molecule has 0 bridgehead atoms. The fourth-order valence-electron chi connectivity index (χ4n) is 3.83. The van der Waals surface area contributed by atoms with E-state index in [0.29, 0.717) is 26.2 Å². The molecule has 0 atom stereocenters. The first-order valence-electron chi connectivity index (χ1n) is 9.62. The lowest BCUT2D eigenvalue weighted by Gasteiger charge is -2.30. The second-order valence-electron chi connectivity index (χ2n) is 7.39. The Morgan fingerprint density at radius 2 is 1.82 bits per heavy atom. The molecule has 2 aliphatic heterocycles. The van der Waals surface area contributed by atoms with Gasteiger partial charge < -0.3 is 14.5 Å². The van der Waals surface area contributed by atoms with Gasteiger partial charge in [-0.1, -0.05) is 23.8 Å². The summed E-state index contributed by atoms with van der Waals surface area (Å²) in [6.07, 6.45) is 0.807. The summed E-state index contributed by atoms with van der Waals surface area (Å²) in [5.74, 6) is 0.845. The van der Waals surface area contributed by atoms with E-state index in [4.69, 9.17) is 4.74 Å². The van der Waals surface area contributed by atoms with Crippen molar-refractivity contribution in [1.29, 1.82) is 0 Å². The van der Waals surface area contributed by atoms with Crippen LogP contribution in [0.3, 0.4) is 0 Å². The number of carbonyl (C=O) groups is 2. The van der Waals surface area contributed by atoms with Crippen molar-refractivity contribution in [2.24, 2.45) is 0 Å². The maximum absolute atomic E-state index is 12.8. The van der Waals surface area contributed by atoms with Crippen LogP contribution >= 0.6 is 0 Å². The molecule has 1 saturated heterocycles. The van der Waals surface area contributed by atoms with Crippen LogP contribution in [0.5, 0.6) is 5.75 Å². The SMILES string of the molecule is COc1ccc2c(c1)CCN(C(=O)CN1CCN(c3ccc(C)cc3)C1=O)C2. The number of anilines is 1. The molecule has 4 rings (SSSR count). The second kappa shape index (κ2) is 7.54. The normalized spacial score (nSPS) is 16.4. The number of ether oxygens (including phenoxy) is 1. The minimum Gasteiger partial charge on any atom is -0.497 e. The molecule has 28 heavy (non-hydrogen) atoms. The highest BCUT2D eigenvalue weighted by molar-refractivity contribution is 5.96. The van der Waals surface area contributed by atoms with Crippen molar-refractivity contribution in [2.45, 2.75) is 19.9 Å². The molecule has 0 spiro atoms. The van der Waals surface area contributed by atoms with E-state index in [9.17, 15) is 9.59 Å². The number of urea groups is 1. The van der Waals surface area contributed by atoms with Crippen LogP contribution in [-0.4, -0.2) is 55.0 Å². The van der Waals surface area contributed by atoms with E-state index in [2.05, 4.69) is 0 Å². The number of rotatable bonds is 4. The average molecular weight is 379 g/mol. The highest BCUT2D eigenvalue weighted by atomic mass is 16.5. The Morgan fingerprint density at radius 1 is 1.04 bits per heavy atom. The third-order valence-electron chi connectivity index (χ3n) is 5.55. The Labute approximate surface area is 165 Å². The monoisotopic (exact) mass is 379 g/mol. The molecule has 2 aromatic carbocycles. The Bertz CT molecular complexity index is 894. The van der Waals surface area contributed by atoms with Gasteiger partial charge in [0.25, 0.3) is 0 Å². The molecule has 0 unspecified atom stereocenters. The maximum atomic E-state index is 12.8. The van der Waals surface area contributed by atoms with Crippen LogP contribution in [0.15, 0.2) is 42.5 Å². The number of hydrogen-bond acceptors (Lipinski definition) is 3. The number of amides is 3. The van der Waals surface area contributed by atoms with E-state index >= 15 is 0 Å². The Kier molecular flexibility index (Phi) is 4.94. The fraction of sp³-hybridized carbons (Fsp3) is 0.364. The molecule has 6 heteroatoms. The molecule has 2 heterocycles. The molecular formula is C22H25N3O3. The summed E-state index contributed by atoms with van der Waals surface area (Å²) >= 11 is 0. The zero-order valence-electron chi connectivity index (χ0n) is 16.4. The number of benzene rings is 2. The van der Waals surface area contributed by atoms with Crippen LogP contribution in [0.4, 0.5) is 10.5 Å². The first-order valence-corrected chi connectivity index (χ1v) is 9.62. The molecule has 0 saturated carbocycles. The van der Waals surface area contributed by atoms with Gasteiger partial charge in [-0.3, -0.25) is 9.69 Å². The highest BCUT2D eigenvalue weighted by Crippen LogP contribution is 2.25. The van der Waals surface area contributed by atoms with Crippen LogP contribution in [0.1, 0.15) is 16.7 Å². The molecule has 0 aliphatic carbocycles. The summed E-state index contributed by atoms with van der Waals surface area (Å²) in [4.78, 5) is 30.8. The van der Waals surface area contributed by atoms with Gasteiger partial charge in [0.05, 0.1) is 7.11 Å². The van der Waals surface area contributed by atoms with Gasteiger partial charge in [-0.05, 0) is 48.7 Å². The third-order valence-corrected chi connectivity index (χ3v) is 5.55. The minimum atomic E-state index is -0.0978. The zero-order chi connectivity index (χ0) is 19.7. The lowest BCUT2D eigenvalue weighted by atomic mass is 9.99. The van der Waals surface area contributed by atoms with Crippen LogP contribution < -0.4 is 9.64 Å². The summed E-state index contributed by atoms with van der Waals surface area (Å²) in [5.41, 5.74) is 4.41. The maximum Gasteiger partial charge on any atom is 0.325 e. The minimum absolute atomic E-state index is 0.000532. The van der Waals surface area contributed by atoms with Crippen LogP contribution in [0.25, 0.3) is 0 Å². The Hall–Kier alpha value is -3.02. The third kappa shape index (κ3) is 3.54. The standard InChI is InChI=1S/C22H25N3O3/c1-16-3-6-19(7-4-16)25-12-11-24(22(25)27)15-21(26)23-10-9-17-13-20(28-2)8-5-18(17)14-23/h3-8,13H,9-12,14-15H2,1-2H3. The van der Waals surface area contributed by atoms with Crippen LogP contribution in [0.2, 0.25) is 0 Å². The number of hydrogen-bond donors (Lipinski definition) is 0.